The van der Waals surface area contributed by atoms with Gasteiger partial charge in [0.2, 0.25) is 5.91 Å². The maximum atomic E-state index is 13.1. The summed E-state index contributed by atoms with van der Waals surface area (Å²) >= 11 is 1.69. The zero-order chi connectivity index (χ0) is 24.4. The van der Waals surface area contributed by atoms with Crippen molar-refractivity contribution in [2.45, 2.75) is 82.7 Å². The summed E-state index contributed by atoms with van der Waals surface area (Å²) in [5, 5.41) is 4.13. The maximum Gasteiger partial charge on any atom is 0.229 e. The Bertz CT molecular complexity index is 1010. The predicted octanol–water partition coefficient (Wildman–Crippen LogP) is 4.59. The summed E-state index contributed by atoms with van der Waals surface area (Å²) in [6.07, 6.45) is 10.5. The van der Waals surface area contributed by atoms with Crippen LogP contribution in [0, 0.1) is 5.92 Å². The number of fused-ring (bicyclic) bond motifs is 2. The molecule has 1 aliphatic heterocycles. The van der Waals surface area contributed by atoms with Gasteiger partial charge in [0, 0.05) is 36.2 Å². The predicted molar refractivity (Wildman–Crippen MR) is 145 cm³/mol. The SMILES string of the molecule is CCCN(CCC1CCC(NC(=O)C2CN(C)c3ccccc32)CC1)C1CCc2nc(N)sc2C1. The van der Waals surface area contributed by atoms with Crippen LogP contribution in [0.2, 0.25) is 0 Å². The number of aromatic nitrogens is 1. The number of rotatable bonds is 8. The van der Waals surface area contributed by atoms with Crippen molar-refractivity contribution < 1.29 is 4.79 Å². The first-order valence-corrected chi connectivity index (χ1v) is 14.4. The molecule has 2 aromatic rings. The topological polar surface area (TPSA) is 74.5 Å². The van der Waals surface area contributed by atoms with Gasteiger partial charge in [-0.3, -0.25) is 4.79 Å². The molecule has 1 fully saturated rings. The van der Waals surface area contributed by atoms with Gasteiger partial charge in [-0.15, -0.1) is 11.3 Å². The maximum absolute atomic E-state index is 13.1. The molecule has 2 heterocycles. The monoisotopic (exact) mass is 495 g/mol. The molecule has 2 unspecified atom stereocenters. The Kier molecular flexibility index (Phi) is 7.63. The number of nitrogens with two attached hydrogens (primary N) is 1. The molecule has 1 aromatic heterocycles. The van der Waals surface area contributed by atoms with Crippen LogP contribution in [-0.2, 0) is 17.6 Å². The summed E-state index contributed by atoms with van der Waals surface area (Å²) in [5.41, 5.74) is 9.58. The van der Waals surface area contributed by atoms with Gasteiger partial charge in [0.25, 0.3) is 0 Å². The Morgan fingerprint density at radius 2 is 2.00 bits per heavy atom. The van der Waals surface area contributed by atoms with Crippen molar-refractivity contribution in [3.63, 3.8) is 0 Å². The molecule has 1 amide bonds. The number of aryl methyl sites for hydroxylation is 1. The summed E-state index contributed by atoms with van der Waals surface area (Å²) < 4.78 is 0. The van der Waals surface area contributed by atoms with Crippen LogP contribution in [0.15, 0.2) is 24.3 Å². The van der Waals surface area contributed by atoms with E-state index in [1.165, 1.54) is 67.0 Å². The zero-order valence-corrected chi connectivity index (χ0v) is 22.2. The molecule has 35 heavy (non-hydrogen) atoms. The summed E-state index contributed by atoms with van der Waals surface area (Å²) in [7, 11) is 2.08. The minimum absolute atomic E-state index is 0.0403. The minimum atomic E-state index is -0.0403. The fourth-order valence-corrected chi connectivity index (χ4v) is 7.47. The van der Waals surface area contributed by atoms with Crippen LogP contribution in [0.1, 0.15) is 73.9 Å². The average molecular weight is 496 g/mol. The van der Waals surface area contributed by atoms with Crippen molar-refractivity contribution in [1.82, 2.24) is 15.2 Å². The lowest BCUT2D eigenvalue weighted by molar-refractivity contribution is -0.123. The summed E-state index contributed by atoms with van der Waals surface area (Å²) in [6.45, 7) is 5.44. The normalized spacial score (nSPS) is 26.0. The third-order valence-electron chi connectivity index (χ3n) is 8.47. The highest BCUT2D eigenvalue weighted by Crippen LogP contribution is 2.36. The average Bonchev–Trinajstić information content (AvgIpc) is 3.41. The third-order valence-corrected chi connectivity index (χ3v) is 9.42. The highest BCUT2D eigenvalue weighted by molar-refractivity contribution is 7.15. The smallest absolute Gasteiger partial charge is 0.229 e. The first-order chi connectivity index (χ1) is 17.0. The number of likely N-dealkylation sites (N-methyl/N-ethyl adjacent to an activating group) is 1. The first kappa shape index (κ1) is 24.6. The number of hydrogen-bond acceptors (Lipinski definition) is 6. The van der Waals surface area contributed by atoms with E-state index in [4.69, 9.17) is 5.73 Å². The standard InChI is InChI=1S/C28H41N5OS/c1-3-15-33(21-12-13-24-26(17-21)35-28(29)31-24)16-14-19-8-10-20(11-9-19)30-27(34)23-18-32(2)25-7-5-4-6-22(23)25/h4-7,19-21,23H,3,8-18H2,1-2H3,(H2,29,31)(H,30,34). The Labute approximate surface area is 214 Å². The van der Waals surface area contributed by atoms with E-state index in [9.17, 15) is 4.79 Å². The van der Waals surface area contributed by atoms with Gasteiger partial charge < -0.3 is 20.9 Å². The number of carbonyl (C=O) groups excluding carboxylic acids is 1. The minimum Gasteiger partial charge on any atom is -0.375 e. The number of amides is 1. The molecule has 3 N–H and O–H groups in total. The van der Waals surface area contributed by atoms with Crippen LogP contribution in [-0.4, -0.2) is 54.6 Å². The molecule has 2 atom stereocenters. The van der Waals surface area contributed by atoms with Gasteiger partial charge in [-0.2, -0.15) is 0 Å². The van der Waals surface area contributed by atoms with Gasteiger partial charge in [0.05, 0.1) is 11.6 Å². The van der Waals surface area contributed by atoms with E-state index in [-0.39, 0.29) is 11.8 Å². The van der Waals surface area contributed by atoms with Crippen molar-refractivity contribution in [2.24, 2.45) is 5.92 Å². The second kappa shape index (κ2) is 10.9. The molecule has 7 heteroatoms. The molecule has 6 nitrogen and oxygen atoms in total. The lowest BCUT2D eigenvalue weighted by Gasteiger charge is -2.36. The van der Waals surface area contributed by atoms with Crippen LogP contribution in [0.5, 0.6) is 0 Å². The molecule has 1 aromatic carbocycles. The van der Waals surface area contributed by atoms with Gasteiger partial charge in [0.1, 0.15) is 0 Å². The molecule has 0 spiro atoms. The highest BCUT2D eigenvalue weighted by Gasteiger charge is 2.33. The number of hydrogen-bond donors (Lipinski definition) is 2. The molecule has 0 saturated heterocycles. The molecular weight excluding hydrogens is 454 g/mol. The van der Waals surface area contributed by atoms with Crippen molar-refractivity contribution in [1.29, 1.82) is 0 Å². The van der Waals surface area contributed by atoms with Crippen molar-refractivity contribution in [3.8, 4) is 0 Å². The Morgan fingerprint density at radius 3 is 2.80 bits per heavy atom. The van der Waals surface area contributed by atoms with E-state index in [0.29, 0.717) is 12.1 Å². The molecular formula is C28H41N5OS. The number of thiazole rings is 1. The van der Waals surface area contributed by atoms with Gasteiger partial charge in [0.15, 0.2) is 5.13 Å². The highest BCUT2D eigenvalue weighted by atomic mass is 32.1. The number of nitrogens with one attached hydrogen (secondary N) is 1. The fraction of sp³-hybridized carbons (Fsp3) is 0.643. The van der Waals surface area contributed by atoms with Crippen molar-refractivity contribution in [2.75, 3.05) is 37.3 Å². The van der Waals surface area contributed by atoms with E-state index in [1.807, 2.05) is 6.07 Å². The van der Waals surface area contributed by atoms with Gasteiger partial charge in [-0.05, 0) is 88.4 Å². The first-order valence-electron chi connectivity index (χ1n) is 13.6. The van der Waals surface area contributed by atoms with Gasteiger partial charge >= 0.3 is 0 Å². The molecule has 2 aliphatic carbocycles. The zero-order valence-electron chi connectivity index (χ0n) is 21.3. The van der Waals surface area contributed by atoms with Crippen LogP contribution in [0.25, 0.3) is 0 Å². The van der Waals surface area contributed by atoms with E-state index in [2.05, 4.69) is 52.3 Å². The Morgan fingerprint density at radius 1 is 1.20 bits per heavy atom. The molecule has 5 rings (SSSR count). The van der Waals surface area contributed by atoms with E-state index in [1.54, 1.807) is 11.3 Å². The van der Waals surface area contributed by atoms with Gasteiger partial charge in [-0.25, -0.2) is 4.98 Å². The number of para-hydroxylation sites is 1. The van der Waals surface area contributed by atoms with Gasteiger partial charge in [-0.1, -0.05) is 25.1 Å². The third kappa shape index (κ3) is 5.51. The summed E-state index contributed by atoms with van der Waals surface area (Å²) in [6, 6.07) is 9.29. The lowest BCUT2D eigenvalue weighted by Crippen LogP contribution is -2.42. The van der Waals surface area contributed by atoms with E-state index < -0.39 is 0 Å². The molecule has 3 aliphatic rings. The second-order valence-electron chi connectivity index (χ2n) is 10.9. The number of anilines is 2. The molecule has 190 valence electrons. The largest absolute Gasteiger partial charge is 0.375 e. The molecule has 0 radical (unpaired) electrons. The van der Waals surface area contributed by atoms with Crippen LogP contribution in [0.4, 0.5) is 10.8 Å². The quantitative estimate of drug-likeness (QED) is 0.560. The van der Waals surface area contributed by atoms with Crippen LogP contribution >= 0.6 is 11.3 Å². The fourth-order valence-electron chi connectivity index (χ4n) is 6.52. The van der Waals surface area contributed by atoms with E-state index >= 15 is 0 Å². The number of nitrogens with zero attached hydrogens (tertiary/aromatic N) is 3. The van der Waals surface area contributed by atoms with Crippen LogP contribution in [0.3, 0.4) is 0 Å². The van der Waals surface area contributed by atoms with Crippen molar-refractivity contribution in [3.05, 3.63) is 40.4 Å². The lowest BCUT2D eigenvalue weighted by atomic mass is 9.83. The summed E-state index contributed by atoms with van der Waals surface area (Å²) in [4.78, 5) is 24.0. The van der Waals surface area contributed by atoms with E-state index in [0.717, 1.165) is 43.3 Å². The molecule has 0 bridgehead atoms. The Balaban J connectivity index is 1.08. The number of benzene rings is 1. The summed E-state index contributed by atoms with van der Waals surface area (Å²) in [5.74, 6) is 0.945. The Hall–Kier alpha value is -2.12. The van der Waals surface area contributed by atoms with Crippen molar-refractivity contribution >= 4 is 28.1 Å². The number of carbonyl (C=O) groups is 1. The number of nitrogen functional groups attached to an aromatic ring is 1. The second-order valence-corrected chi connectivity index (χ2v) is 12.0. The van der Waals surface area contributed by atoms with Crippen LogP contribution < -0.4 is 16.0 Å². The molecule has 1 saturated carbocycles.